The molecule has 1 aliphatic rings. The first-order valence-corrected chi connectivity index (χ1v) is 7.09. The van der Waals surface area contributed by atoms with Gasteiger partial charge in [-0.25, -0.2) is 0 Å². The second kappa shape index (κ2) is 7.54. The standard InChI is InChI=1S/C15H19N3O3/c19-15(17-11-9-13-2-1-10-16-13)8-5-12-3-6-14(7-4-12)18(20)21/h3-8,13,16H,1-2,9-11H2,(H,17,19)/b8-5+/t13-/m0/s1. The highest BCUT2D eigenvalue weighted by molar-refractivity contribution is 5.91. The molecule has 1 atom stereocenters. The van der Waals surface area contributed by atoms with E-state index in [4.69, 9.17) is 0 Å². The van der Waals surface area contributed by atoms with Crippen LogP contribution in [0.5, 0.6) is 0 Å². The fourth-order valence-corrected chi connectivity index (χ4v) is 2.31. The number of nitro benzene ring substituents is 1. The van der Waals surface area contributed by atoms with Gasteiger partial charge in [0.1, 0.15) is 0 Å². The molecule has 0 aliphatic carbocycles. The number of benzene rings is 1. The molecule has 21 heavy (non-hydrogen) atoms. The lowest BCUT2D eigenvalue weighted by molar-refractivity contribution is -0.384. The van der Waals surface area contributed by atoms with Crippen molar-refractivity contribution in [3.8, 4) is 0 Å². The SMILES string of the molecule is O=C(/C=C/c1ccc([N+](=O)[O-])cc1)NCC[C@@H]1CCCN1. The summed E-state index contributed by atoms with van der Waals surface area (Å²) < 4.78 is 0. The minimum atomic E-state index is -0.447. The van der Waals surface area contributed by atoms with Crippen molar-refractivity contribution >= 4 is 17.7 Å². The summed E-state index contributed by atoms with van der Waals surface area (Å²) in [5, 5.41) is 16.7. The van der Waals surface area contributed by atoms with E-state index in [1.165, 1.54) is 31.1 Å². The summed E-state index contributed by atoms with van der Waals surface area (Å²) >= 11 is 0. The van der Waals surface area contributed by atoms with Gasteiger partial charge in [0.2, 0.25) is 5.91 Å². The number of rotatable bonds is 6. The van der Waals surface area contributed by atoms with E-state index in [1.54, 1.807) is 18.2 Å². The molecule has 6 nitrogen and oxygen atoms in total. The lowest BCUT2D eigenvalue weighted by Gasteiger charge is -2.09. The molecule has 0 unspecified atom stereocenters. The Labute approximate surface area is 123 Å². The zero-order chi connectivity index (χ0) is 15.1. The number of non-ortho nitro benzene ring substituents is 1. The predicted molar refractivity (Wildman–Crippen MR) is 80.8 cm³/mol. The van der Waals surface area contributed by atoms with Gasteiger partial charge >= 0.3 is 0 Å². The van der Waals surface area contributed by atoms with Gasteiger partial charge in [0.25, 0.3) is 5.69 Å². The van der Waals surface area contributed by atoms with E-state index in [-0.39, 0.29) is 11.6 Å². The van der Waals surface area contributed by atoms with Crippen molar-refractivity contribution in [3.05, 3.63) is 46.0 Å². The van der Waals surface area contributed by atoms with Crippen LogP contribution in [0.1, 0.15) is 24.8 Å². The molecule has 0 radical (unpaired) electrons. The third kappa shape index (κ3) is 5.00. The number of nitrogens with zero attached hydrogens (tertiary/aromatic N) is 1. The van der Waals surface area contributed by atoms with Crippen LogP contribution in [0.15, 0.2) is 30.3 Å². The van der Waals surface area contributed by atoms with Crippen molar-refractivity contribution in [1.82, 2.24) is 10.6 Å². The number of hydrogen-bond acceptors (Lipinski definition) is 4. The Morgan fingerprint density at radius 1 is 1.43 bits per heavy atom. The monoisotopic (exact) mass is 289 g/mol. The van der Waals surface area contributed by atoms with Crippen LogP contribution in [-0.2, 0) is 4.79 Å². The van der Waals surface area contributed by atoms with Gasteiger partial charge in [-0.1, -0.05) is 0 Å². The number of carbonyl (C=O) groups excluding carboxylic acids is 1. The van der Waals surface area contributed by atoms with E-state index in [2.05, 4.69) is 10.6 Å². The van der Waals surface area contributed by atoms with Crippen LogP contribution >= 0.6 is 0 Å². The number of nitrogens with one attached hydrogen (secondary N) is 2. The highest BCUT2D eigenvalue weighted by atomic mass is 16.6. The molecule has 2 N–H and O–H groups in total. The van der Waals surface area contributed by atoms with Crippen molar-refractivity contribution in [2.45, 2.75) is 25.3 Å². The van der Waals surface area contributed by atoms with Gasteiger partial charge in [-0.05, 0) is 49.6 Å². The molecular weight excluding hydrogens is 270 g/mol. The Kier molecular flexibility index (Phi) is 5.45. The molecule has 6 heteroatoms. The van der Waals surface area contributed by atoms with E-state index in [1.807, 2.05) is 0 Å². The number of carbonyl (C=O) groups is 1. The molecule has 1 amide bonds. The lowest BCUT2D eigenvalue weighted by Crippen LogP contribution is -2.29. The van der Waals surface area contributed by atoms with Crippen LogP contribution in [0.3, 0.4) is 0 Å². The van der Waals surface area contributed by atoms with Crippen LogP contribution in [0.4, 0.5) is 5.69 Å². The molecule has 0 aromatic heterocycles. The minimum Gasteiger partial charge on any atom is -0.352 e. The summed E-state index contributed by atoms with van der Waals surface area (Å²) in [7, 11) is 0. The average molecular weight is 289 g/mol. The van der Waals surface area contributed by atoms with Gasteiger partial charge in [-0.3, -0.25) is 14.9 Å². The minimum absolute atomic E-state index is 0.0423. The van der Waals surface area contributed by atoms with E-state index in [0.29, 0.717) is 12.6 Å². The molecule has 1 aromatic carbocycles. The Morgan fingerprint density at radius 3 is 2.81 bits per heavy atom. The Morgan fingerprint density at radius 2 is 2.19 bits per heavy atom. The van der Waals surface area contributed by atoms with Crippen molar-refractivity contribution in [3.63, 3.8) is 0 Å². The third-order valence-corrected chi connectivity index (χ3v) is 3.49. The zero-order valence-electron chi connectivity index (χ0n) is 11.7. The van der Waals surface area contributed by atoms with Gasteiger partial charge in [0, 0.05) is 30.8 Å². The molecule has 0 bridgehead atoms. The van der Waals surface area contributed by atoms with E-state index in [9.17, 15) is 14.9 Å². The van der Waals surface area contributed by atoms with Crippen LogP contribution < -0.4 is 10.6 Å². The smallest absolute Gasteiger partial charge is 0.269 e. The quantitative estimate of drug-likeness (QED) is 0.475. The maximum absolute atomic E-state index is 11.6. The van der Waals surface area contributed by atoms with E-state index >= 15 is 0 Å². The molecule has 1 fully saturated rings. The third-order valence-electron chi connectivity index (χ3n) is 3.49. The first kappa shape index (κ1) is 15.2. The Bertz CT molecular complexity index is 519. The summed E-state index contributed by atoms with van der Waals surface area (Å²) in [5.74, 6) is -0.147. The van der Waals surface area contributed by atoms with Crippen LogP contribution in [0.25, 0.3) is 6.08 Å². The van der Waals surface area contributed by atoms with Crippen molar-refractivity contribution < 1.29 is 9.72 Å². The summed E-state index contributed by atoms with van der Waals surface area (Å²) in [6, 6.07) is 6.59. The van der Waals surface area contributed by atoms with Gasteiger partial charge in [0.05, 0.1) is 4.92 Å². The van der Waals surface area contributed by atoms with Gasteiger partial charge in [0.15, 0.2) is 0 Å². The van der Waals surface area contributed by atoms with E-state index < -0.39 is 4.92 Å². The maximum Gasteiger partial charge on any atom is 0.269 e. The molecule has 1 aromatic rings. The van der Waals surface area contributed by atoms with Gasteiger partial charge in [-0.15, -0.1) is 0 Å². The van der Waals surface area contributed by atoms with Gasteiger partial charge in [-0.2, -0.15) is 0 Å². The van der Waals surface area contributed by atoms with Gasteiger partial charge < -0.3 is 10.6 Å². The Balaban J connectivity index is 1.74. The van der Waals surface area contributed by atoms with Crippen molar-refractivity contribution in [2.24, 2.45) is 0 Å². The van der Waals surface area contributed by atoms with Crippen molar-refractivity contribution in [1.29, 1.82) is 0 Å². The predicted octanol–water partition coefficient (Wildman–Crippen LogP) is 1.87. The molecule has 1 heterocycles. The summed E-state index contributed by atoms with van der Waals surface area (Å²) in [6.07, 6.45) is 6.42. The molecule has 0 saturated carbocycles. The van der Waals surface area contributed by atoms with Crippen LogP contribution in [0, 0.1) is 10.1 Å². The Hall–Kier alpha value is -2.21. The summed E-state index contributed by atoms with van der Waals surface area (Å²) in [5.41, 5.74) is 0.800. The number of nitro groups is 1. The largest absolute Gasteiger partial charge is 0.352 e. The lowest BCUT2D eigenvalue weighted by atomic mass is 10.1. The van der Waals surface area contributed by atoms with Crippen molar-refractivity contribution in [2.75, 3.05) is 13.1 Å². The second-order valence-electron chi connectivity index (χ2n) is 5.05. The molecule has 112 valence electrons. The summed E-state index contributed by atoms with van der Waals surface area (Å²) in [4.78, 5) is 21.7. The summed E-state index contributed by atoms with van der Waals surface area (Å²) in [6.45, 7) is 1.72. The first-order valence-electron chi connectivity index (χ1n) is 7.09. The average Bonchev–Trinajstić information content (AvgIpc) is 2.99. The highest BCUT2D eigenvalue weighted by Crippen LogP contribution is 2.12. The fourth-order valence-electron chi connectivity index (χ4n) is 2.31. The highest BCUT2D eigenvalue weighted by Gasteiger charge is 2.13. The van der Waals surface area contributed by atoms with E-state index in [0.717, 1.165) is 18.5 Å². The fraction of sp³-hybridized carbons (Fsp3) is 0.400. The number of hydrogen-bond donors (Lipinski definition) is 2. The normalized spacial score (nSPS) is 18.0. The second-order valence-corrected chi connectivity index (χ2v) is 5.05. The maximum atomic E-state index is 11.6. The molecule has 0 spiro atoms. The molecular formula is C15H19N3O3. The van der Waals surface area contributed by atoms with Crippen LogP contribution in [0.2, 0.25) is 0 Å². The topological polar surface area (TPSA) is 84.3 Å². The number of amides is 1. The first-order chi connectivity index (χ1) is 10.1. The van der Waals surface area contributed by atoms with Crippen LogP contribution in [-0.4, -0.2) is 30.0 Å². The zero-order valence-corrected chi connectivity index (χ0v) is 11.7. The molecule has 2 rings (SSSR count). The molecule has 1 saturated heterocycles. The molecule has 1 aliphatic heterocycles.